The summed E-state index contributed by atoms with van der Waals surface area (Å²) in [4.78, 5) is 31.3. The van der Waals surface area contributed by atoms with Gasteiger partial charge in [0.2, 0.25) is 0 Å². The first-order valence-electron chi connectivity index (χ1n) is 10.2. The predicted molar refractivity (Wildman–Crippen MR) is 116 cm³/mol. The molecule has 2 heterocycles. The number of aliphatic hydroxyl groups is 1. The van der Waals surface area contributed by atoms with Crippen LogP contribution >= 0.6 is 0 Å². The second-order valence-corrected chi connectivity index (χ2v) is 7.27. The Kier molecular flexibility index (Phi) is 5.98. The van der Waals surface area contributed by atoms with E-state index in [-0.39, 0.29) is 23.4 Å². The third kappa shape index (κ3) is 3.97. The molecule has 2 aromatic carbocycles. The van der Waals surface area contributed by atoms with E-state index in [4.69, 9.17) is 4.74 Å². The van der Waals surface area contributed by atoms with Crippen LogP contribution < -0.4 is 4.74 Å². The van der Waals surface area contributed by atoms with Crippen molar-refractivity contribution in [2.24, 2.45) is 0 Å². The van der Waals surface area contributed by atoms with Crippen LogP contribution in [0.3, 0.4) is 0 Å². The molecular formula is C25H21FN2O4. The number of pyridine rings is 1. The van der Waals surface area contributed by atoms with Gasteiger partial charge in [0, 0.05) is 30.1 Å². The number of carbonyl (C=O) groups is 2. The van der Waals surface area contributed by atoms with Crippen molar-refractivity contribution in [1.29, 1.82) is 0 Å². The smallest absolute Gasteiger partial charge is 0.295 e. The first-order valence-corrected chi connectivity index (χ1v) is 10.2. The molecule has 1 N–H and O–H groups in total. The van der Waals surface area contributed by atoms with E-state index >= 15 is 0 Å². The summed E-state index contributed by atoms with van der Waals surface area (Å²) in [5, 5.41) is 11.0. The molecule has 0 spiro atoms. The minimum atomic E-state index is -1.08. The van der Waals surface area contributed by atoms with E-state index in [1.807, 2.05) is 6.92 Å². The van der Waals surface area contributed by atoms with E-state index < -0.39 is 23.5 Å². The molecule has 162 valence electrons. The molecule has 6 nitrogen and oxygen atoms in total. The number of aromatic nitrogens is 1. The quantitative estimate of drug-likeness (QED) is 0.358. The standard InChI is InChI=1S/C25H21FN2O4/c1-2-32-18-11-9-17(10-12-18)23(29)21-22(19-7-3-4-8-20(19)26)28(25(31)24(21)30)15-16-6-5-13-27-14-16/h3-14,22,29H,2,15H2,1H3/b23-21+/t22-/m1/s1. The summed E-state index contributed by atoms with van der Waals surface area (Å²) in [6.07, 6.45) is 3.17. The minimum absolute atomic E-state index is 0.0392. The number of carbonyl (C=O) groups excluding carboxylic acids is 2. The van der Waals surface area contributed by atoms with Crippen molar-refractivity contribution in [3.05, 3.63) is 101 Å². The SMILES string of the molecule is CCOc1ccc(/C(O)=C2\C(=O)C(=O)N(Cc3cccnc3)[C@@H]2c2ccccc2F)cc1. The van der Waals surface area contributed by atoms with Gasteiger partial charge < -0.3 is 14.7 Å². The van der Waals surface area contributed by atoms with Crippen molar-refractivity contribution in [3.63, 3.8) is 0 Å². The van der Waals surface area contributed by atoms with Crippen molar-refractivity contribution in [3.8, 4) is 5.75 Å². The maximum Gasteiger partial charge on any atom is 0.295 e. The van der Waals surface area contributed by atoms with Crippen molar-refractivity contribution in [2.75, 3.05) is 6.61 Å². The zero-order chi connectivity index (χ0) is 22.7. The fourth-order valence-electron chi connectivity index (χ4n) is 3.78. The topological polar surface area (TPSA) is 79.7 Å². The van der Waals surface area contributed by atoms with E-state index in [0.29, 0.717) is 23.5 Å². The first kappa shape index (κ1) is 21.2. The van der Waals surface area contributed by atoms with Gasteiger partial charge in [-0.1, -0.05) is 24.3 Å². The Labute approximate surface area is 184 Å². The number of ketones is 1. The normalized spacial score (nSPS) is 17.6. The highest BCUT2D eigenvalue weighted by atomic mass is 19.1. The summed E-state index contributed by atoms with van der Waals surface area (Å²) in [6.45, 7) is 2.38. The minimum Gasteiger partial charge on any atom is -0.507 e. The molecule has 1 saturated heterocycles. The zero-order valence-electron chi connectivity index (χ0n) is 17.4. The highest BCUT2D eigenvalue weighted by Gasteiger charge is 2.46. The Morgan fingerprint density at radius 3 is 2.50 bits per heavy atom. The number of rotatable bonds is 6. The molecule has 1 aliphatic heterocycles. The second kappa shape index (κ2) is 9.01. The van der Waals surface area contributed by atoms with Crippen molar-refractivity contribution >= 4 is 17.4 Å². The molecule has 32 heavy (non-hydrogen) atoms. The monoisotopic (exact) mass is 432 g/mol. The summed E-state index contributed by atoms with van der Waals surface area (Å²) in [5.41, 5.74) is 0.974. The Morgan fingerprint density at radius 2 is 1.84 bits per heavy atom. The van der Waals surface area contributed by atoms with Crippen LogP contribution in [-0.4, -0.2) is 33.3 Å². The van der Waals surface area contributed by atoms with E-state index in [1.165, 1.54) is 23.1 Å². The van der Waals surface area contributed by atoms with Gasteiger partial charge in [0.05, 0.1) is 18.2 Å². The molecule has 0 aliphatic carbocycles. The number of likely N-dealkylation sites (tertiary alicyclic amines) is 1. The molecule has 4 rings (SSSR count). The average molecular weight is 432 g/mol. The van der Waals surface area contributed by atoms with E-state index in [0.717, 1.165) is 0 Å². The van der Waals surface area contributed by atoms with Gasteiger partial charge >= 0.3 is 0 Å². The summed E-state index contributed by atoms with van der Waals surface area (Å²) < 4.78 is 20.2. The Hall–Kier alpha value is -4.00. The number of hydrogen-bond acceptors (Lipinski definition) is 5. The molecule has 0 radical (unpaired) electrons. The van der Waals surface area contributed by atoms with Gasteiger partial charge in [-0.05, 0) is 48.9 Å². The van der Waals surface area contributed by atoms with Gasteiger partial charge in [-0.15, -0.1) is 0 Å². The predicted octanol–water partition coefficient (Wildman–Crippen LogP) is 4.24. The summed E-state index contributed by atoms with van der Waals surface area (Å²) in [7, 11) is 0. The van der Waals surface area contributed by atoms with E-state index in [2.05, 4.69) is 4.98 Å². The average Bonchev–Trinajstić information content (AvgIpc) is 3.05. The molecule has 3 aromatic rings. The Morgan fingerprint density at radius 1 is 1.09 bits per heavy atom. The first-order chi connectivity index (χ1) is 15.5. The van der Waals surface area contributed by atoms with Crippen LogP contribution in [0.2, 0.25) is 0 Å². The van der Waals surface area contributed by atoms with Crippen LogP contribution in [0.25, 0.3) is 5.76 Å². The van der Waals surface area contributed by atoms with Gasteiger partial charge in [0.1, 0.15) is 17.3 Å². The molecule has 1 aliphatic rings. The van der Waals surface area contributed by atoms with Crippen LogP contribution in [0.1, 0.15) is 29.7 Å². The molecule has 0 unspecified atom stereocenters. The van der Waals surface area contributed by atoms with Gasteiger partial charge in [0.25, 0.3) is 11.7 Å². The number of aliphatic hydroxyl groups excluding tert-OH is 1. The molecule has 0 bridgehead atoms. The lowest BCUT2D eigenvalue weighted by molar-refractivity contribution is -0.140. The third-order valence-electron chi connectivity index (χ3n) is 5.25. The fraction of sp³-hybridized carbons (Fsp3) is 0.160. The van der Waals surface area contributed by atoms with Crippen LogP contribution in [-0.2, 0) is 16.1 Å². The molecule has 1 atom stereocenters. The van der Waals surface area contributed by atoms with Crippen molar-refractivity contribution in [2.45, 2.75) is 19.5 Å². The number of hydrogen-bond donors (Lipinski definition) is 1. The number of benzene rings is 2. The number of ether oxygens (including phenoxy) is 1. The summed E-state index contributed by atoms with van der Waals surface area (Å²) in [6, 6.07) is 14.8. The highest BCUT2D eigenvalue weighted by Crippen LogP contribution is 2.41. The number of Topliss-reactive ketones (excluding diaryl/α,β-unsaturated/α-hetero) is 1. The van der Waals surface area contributed by atoms with Gasteiger partial charge in [-0.3, -0.25) is 14.6 Å². The molecule has 1 amide bonds. The van der Waals surface area contributed by atoms with Gasteiger partial charge in [-0.25, -0.2) is 4.39 Å². The van der Waals surface area contributed by atoms with Gasteiger partial charge in [0.15, 0.2) is 0 Å². The van der Waals surface area contributed by atoms with Crippen LogP contribution in [0.15, 0.2) is 78.6 Å². The Balaban J connectivity index is 1.84. The molecule has 1 fully saturated rings. The molecule has 7 heteroatoms. The zero-order valence-corrected chi connectivity index (χ0v) is 17.4. The number of amides is 1. The maximum atomic E-state index is 14.8. The van der Waals surface area contributed by atoms with Crippen LogP contribution in [0.5, 0.6) is 5.75 Å². The second-order valence-electron chi connectivity index (χ2n) is 7.27. The Bertz CT molecular complexity index is 1180. The lowest BCUT2D eigenvalue weighted by Crippen LogP contribution is -2.29. The van der Waals surface area contributed by atoms with Gasteiger partial charge in [-0.2, -0.15) is 0 Å². The lowest BCUT2D eigenvalue weighted by atomic mass is 9.94. The summed E-state index contributed by atoms with van der Waals surface area (Å²) >= 11 is 0. The number of halogens is 1. The third-order valence-corrected chi connectivity index (χ3v) is 5.25. The molecular weight excluding hydrogens is 411 g/mol. The molecule has 1 aromatic heterocycles. The van der Waals surface area contributed by atoms with E-state index in [9.17, 15) is 19.1 Å². The summed E-state index contributed by atoms with van der Waals surface area (Å²) in [5.74, 6) is -2.02. The van der Waals surface area contributed by atoms with Crippen LogP contribution in [0, 0.1) is 5.82 Å². The van der Waals surface area contributed by atoms with Crippen molar-refractivity contribution < 1.29 is 23.8 Å². The fourth-order valence-corrected chi connectivity index (χ4v) is 3.78. The van der Waals surface area contributed by atoms with Crippen LogP contribution in [0.4, 0.5) is 4.39 Å². The molecule has 0 saturated carbocycles. The maximum absolute atomic E-state index is 14.8. The number of nitrogens with zero attached hydrogens (tertiary/aromatic N) is 2. The highest BCUT2D eigenvalue weighted by molar-refractivity contribution is 6.46. The van der Waals surface area contributed by atoms with Crippen molar-refractivity contribution in [1.82, 2.24) is 9.88 Å². The lowest BCUT2D eigenvalue weighted by Gasteiger charge is -2.25. The largest absolute Gasteiger partial charge is 0.507 e. The van der Waals surface area contributed by atoms with E-state index in [1.54, 1.807) is 54.9 Å².